The zero-order valence-corrected chi connectivity index (χ0v) is 15.4. The van der Waals surface area contributed by atoms with Crippen molar-refractivity contribution in [3.8, 4) is 16.9 Å². The molecule has 3 rings (SSSR count). The van der Waals surface area contributed by atoms with Crippen LogP contribution in [0.2, 0.25) is 5.02 Å². The summed E-state index contributed by atoms with van der Waals surface area (Å²) in [4.78, 5) is 15.2. The number of hydrogen-bond acceptors (Lipinski definition) is 3. The largest absolute Gasteiger partial charge is 0.490 e. The average molecular weight is 372 g/mol. The molecule has 1 amide bonds. The maximum Gasteiger partial charge on any atom is 0.264 e. The van der Waals surface area contributed by atoms with Gasteiger partial charge in [0, 0.05) is 12.6 Å². The number of halogens is 1. The Morgan fingerprint density at radius 1 is 1.08 bits per heavy atom. The van der Waals surface area contributed by atoms with Gasteiger partial charge in [-0.3, -0.25) is 4.79 Å². The fourth-order valence-electron chi connectivity index (χ4n) is 2.45. The molecule has 0 saturated heterocycles. The smallest absolute Gasteiger partial charge is 0.264 e. The van der Waals surface area contributed by atoms with E-state index < -0.39 is 0 Å². The van der Waals surface area contributed by atoms with E-state index in [1.165, 1.54) is 11.3 Å². The predicted octanol–water partition coefficient (Wildman–Crippen LogP) is 5.22. The molecule has 0 spiro atoms. The molecule has 3 nitrogen and oxygen atoms in total. The standard InChI is InChI=1S/C20H18ClNO2S/c1-22(12-13-24-18-10-6-5-9-17(18)21)20(23)19-16(11-14-25-19)15-7-3-2-4-8-15/h2-11,14H,12-13H2,1H3. The highest BCUT2D eigenvalue weighted by atomic mass is 35.5. The molecule has 0 radical (unpaired) electrons. The van der Waals surface area contributed by atoms with Crippen LogP contribution in [0.1, 0.15) is 9.67 Å². The summed E-state index contributed by atoms with van der Waals surface area (Å²) in [6, 6.07) is 19.3. The van der Waals surface area contributed by atoms with Crippen LogP contribution in [0.4, 0.5) is 0 Å². The van der Waals surface area contributed by atoms with Crippen LogP contribution in [0.3, 0.4) is 0 Å². The second kappa shape index (κ2) is 8.19. The highest BCUT2D eigenvalue weighted by molar-refractivity contribution is 7.12. The van der Waals surface area contributed by atoms with Crippen LogP contribution in [0.5, 0.6) is 5.75 Å². The Balaban J connectivity index is 1.64. The Morgan fingerprint density at radius 2 is 1.80 bits per heavy atom. The summed E-state index contributed by atoms with van der Waals surface area (Å²) in [5, 5.41) is 2.52. The highest BCUT2D eigenvalue weighted by Gasteiger charge is 2.18. The first-order valence-corrected chi connectivity index (χ1v) is 9.18. The lowest BCUT2D eigenvalue weighted by Gasteiger charge is -2.18. The van der Waals surface area contributed by atoms with Crippen molar-refractivity contribution in [2.45, 2.75) is 0 Å². The number of carbonyl (C=O) groups excluding carboxylic acids is 1. The van der Waals surface area contributed by atoms with E-state index in [0.29, 0.717) is 23.9 Å². The van der Waals surface area contributed by atoms with Crippen LogP contribution in [0.15, 0.2) is 66.0 Å². The van der Waals surface area contributed by atoms with Gasteiger partial charge in [0.1, 0.15) is 12.4 Å². The van der Waals surface area contributed by atoms with Crippen molar-refractivity contribution in [2.24, 2.45) is 0 Å². The van der Waals surface area contributed by atoms with Crippen LogP contribution in [0.25, 0.3) is 11.1 Å². The Hall–Kier alpha value is -2.30. The minimum atomic E-state index is -0.00314. The summed E-state index contributed by atoms with van der Waals surface area (Å²) < 4.78 is 5.67. The van der Waals surface area contributed by atoms with Crippen molar-refractivity contribution in [2.75, 3.05) is 20.2 Å². The van der Waals surface area contributed by atoms with Crippen LogP contribution in [-0.2, 0) is 0 Å². The maximum absolute atomic E-state index is 12.8. The van der Waals surface area contributed by atoms with Crippen LogP contribution < -0.4 is 4.74 Å². The van der Waals surface area contributed by atoms with Gasteiger partial charge in [-0.2, -0.15) is 0 Å². The van der Waals surface area contributed by atoms with E-state index in [2.05, 4.69) is 0 Å². The minimum Gasteiger partial charge on any atom is -0.490 e. The van der Waals surface area contributed by atoms with Crippen LogP contribution in [0, 0.1) is 0 Å². The van der Waals surface area contributed by atoms with Gasteiger partial charge in [-0.05, 0) is 29.1 Å². The summed E-state index contributed by atoms with van der Waals surface area (Å²) in [6.07, 6.45) is 0. The summed E-state index contributed by atoms with van der Waals surface area (Å²) in [6.45, 7) is 0.869. The first-order valence-electron chi connectivity index (χ1n) is 7.92. The molecule has 25 heavy (non-hydrogen) atoms. The molecule has 128 valence electrons. The van der Waals surface area contributed by atoms with Gasteiger partial charge >= 0.3 is 0 Å². The topological polar surface area (TPSA) is 29.5 Å². The first kappa shape index (κ1) is 17.5. The van der Waals surface area contributed by atoms with E-state index in [0.717, 1.165) is 16.0 Å². The lowest BCUT2D eigenvalue weighted by Crippen LogP contribution is -2.30. The highest BCUT2D eigenvalue weighted by Crippen LogP contribution is 2.29. The number of thiophene rings is 1. The molecular formula is C20H18ClNO2S. The average Bonchev–Trinajstić information content (AvgIpc) is 3.13. The normalized spacial score (nSPS) is 10.5. The van der Waals surface area contributed by atoms with E-state index in [1.54, 1.807) is 18.0 Å². The van der Waals surface area contributed by atoms with Gasteiger partial charge in [-0.25, -0.2) is 0 Å². The molecule has 5 heteroatoms. The second-order valence-electron chi connectivity index (χ2n) is 5.54. The quantitative estimate of drug-likeness (QED) is 0.594. The molecule has 0 aliphatic rings. The SMILES string of the molecule is CN(CCOc1ccccc1Cl)C(=O)c1sccc1-c1ccccc1. The third kappa shape index (κ3) is 4.21. The predicted molar refractivity (Wildman–Crippen MR) is 104 cm³/mol. The Labute approximate surface area is 156 Å². The Bertz CT molecular complexity index is 848. The summed E-state index contributed by atoms with van der Waals surface area (Å²) in [5.74, 6) is 0.628. The number of hydrogen-bond donors (Lipinski definition) is 0. The van der Waals surface area contributed by atoms with E-state index in [-0.39, 0.29) is 5.91 Å². The lowest BCUT2D eigenvalue weighted by atomic mass is 10.1. The fraction of sp³-hybridized carbons (Fsp3) is 0.150. The second-order valence-corrected chi connectivity index (χ2v) is 6.86. The Morgan fingerprint density at radius 3 is 2.56 bits per heavy atom. The number of carbonyl (C=O) groups is 1. The molecule has 0 aliphatic carbocycles. The fourth-order valence-corrected chi connectivity index (χ4v) is 3.55. The third-order valence-electron chi connectivity index (χ3n) is 3.81. The zero-order chi connectivity index (χ0) is 17.6. The molecule has 1 heterocycles. The molecule has 0 bridgehead atoms. The maximum atomic E-state index is 12.8. The number of likely N-dealkylation sites (N-methyl/N-ethyl adjacent to an activating group) is 1. The number of benzene rings is 2. The van der Waals surface area contributed by atoms with Crippen molar-refractivity contribution < 1.29 is 9.53 Å². The first-order chi connectivity index (χ1) is 12.2. The van der Waals surface area contributed by atoms with E-state index in [9.17, 15) is 4.79 Å². The van der Waals surface area contributed by atoms with Gasteiger partial charge in [0.15, 0.2) is 0 Å². The lowest BCUT2D eigenvalue weighted by molar-refractivity contribution is 0.0779. The molecule has 0 aliphatic heterocycles. The van der Waals surface area contributed by atoms with Crippen molar-refractivity contribution in [3.63, 3.8) is 0 Å². The van der Waals surface area contributed by atoms with Gasteiger partial charge in [-0.15, -0.1) is 11.3 Å². The molecule has 3 aromatic rings. The molecule has 0 fully saturated rings. The van der Waals surface area contributed by atoms with Gasteiger partial charge in [0.25, 0.3) is 5.91 Å². The Kier molecular flexibility index (Phi) is 5.74. The van der Waals surface area contributed by atoms with Crippen molar-refractivity contribution >= 4 is 28.8 Å². The monoisotopic (exact) mass is 371 g/mol. The molecule has 0 saturated carbocycles. The van der Waals surface area contributed by atoms with E-state index in [4.69, 9.17) is 16.3 Å². The molecule has 2 aromatic carbocycles. The van der Waals surface area contributed by atoms with E-state index in [1.807, 2.05) is 60.0 Å². The van der Waals surface area contributed by atoms with Crippen molar-refractivity contribution in [3.05, 3.63) is 75.9 Å². The summed E-state index contributed by atoms with van der Waals surface area (Å²) in [5.41, 5.74) is 2.02. The number of ether oxygens (including phenoxy) is 1. The number of amides is 1. The molecular weight excluding hydrogens is 354 g/mol. The molecule has 0 N–H and O–H groups in total. The molecule has 0 unspecified atom stereocenters. The summed E-state index contributed by atoms with van der Waals surface area (Å²) >= 11 is 7.53. The third-order valence-corrected chi connectivity index (χ3v) is 5.03. The molecule has 0 atom stereocenters. The van der Waals surface area contributed by atoms with Gasteiger partial charge in [0.2, 0.25) is 0 Å². The number of rotatable bonds is 6. The van der Waals surface area contributed by atoms with Gasteiger partial charge in [0.05, 0.1) is 16.4 Å². The number of nitrogens with zero attached hydrogens (tertiary/aromatic N) is 1. The van der Waals surface area contributed by atoms with Crippen LogP contribution >= 0.6 is 22.9 Å². The van der Waals surface area contributed by atoms with E-state index >= 15 is 0 Å². The van der Waals surface area contributed by atoms with Crippen molar-refractivity contribution in [1.82, 2.24) is 4.90 Å². The van der Waals surface area contributed by atoms with Crippen molar-refractivity contribution in [1.29, 1.82) is 0 Å². The number of para-hydroxylation sites is 1. The van der Waals surface area contributed by atoms with Crippen LogP contribution in [-0.4, -0.2) is 31.0 Å². The zero-order valence-electron chi connectivity index (χ0n) is 13.8. The summed E-state index contributed by atoms with van der Waals surface area (Å²) in [7, 11) is 1.78. The van der Waals surface area contributed by atoms with Gasteiger partial charge < -0.3 is 9.64 Å². The minimum absolute atomic E-state index is 0.00314. The molecule has 1 aromatic heterocycles. The van der Waals surface area contributed by atoms with Gasteiger partial charge in [-0.1, -0.05) is 54.1 Å².